The maximum absolute atomic E-state index is 12.4. The number of furan rings is 1. The number of morpholine rings is 1. The summed E-state index contributed by atoms with van der Waals surface area (Å²) >= 11 is 0. The fraction of sp³-hybridized carbons (Fsp3) is 0.538. The number of carboxylic acid groups (broad SMARTS) is 1. The monoisotopic (exact) mass is 265 g/mol. The standard InChI is InChI=1S/C13H15NO5/c15-12(11-5-9(6-19-11)13(16)17)14-3-4-18-7-10(14)8-1-2-8/h5-6,8,10H,1-4,7H2,(H,16,17). The molecule has 1 N–H and O–H groups in total. The van der Waals surface area contributed by atoms with Crippen molar-refractivity contribution in [1.82, 2.24) is 4.90 Å². The molecule has 2 aliphatic rings. The Morgan fingerprint density at radius 3 is 2.79 bits per heavy atom. The summed E-state index contributed by atoms with van der Waals surface area (Å²) in [5.41, 5.74) is -0.000388. The lowest BCUT2D eigenvalue weighted by Crippen LogP contribution is -2.49. The van der Waals surface area contributed by atoms with E-state index >= 15 is 0 Å². The summed E-state index contributed by atoms with van der Waals surface area (Å²) in [4.78, 5) is 24.9. The molecule has 0 radical (unpaired) electrons. The Morgan fingerprint density at radius 1 is 1.37 bits per heavy atom. The van der Waals surface area contributed by atoms with E-state index in [1.165, 1.54) is 6.07 Å². The van der Waals surface area contributed by atoms with Crippen LogP contribution < -0.4 is 0 Å². The predicted octanol–water partition coefficient (Wildman–Crippen LogP) is 1.23. The molecule has 2 fully saturated rings. The second kappa shape index (κ2) is 4.70. The van der Waals surface area contributed by atoms with Crippen LogP contribution in [0.15, 0.2) is 16.7 Å². The second-order valence-corrected chi connectivity index (χ2v) is 4.98. The lowest BCUT2D eigenvalue weighted by Gasteiger charge is -2.35. The van der Waals surface area contributed by atoms with Crippen molar-refractivity contribution in [1.29, 1.82) is 0 Å². The zero-order valence-electron chi connectivity index (χ0n) is 10.4. The smallest absolute Gasteiger partial charge is 0.338 e. The van der Waals surface area contributed by atoms with Gasteiger partial charge in [-0.05, 0) is 18.8 Å². The Labute approximate surface area is 109 Å². The molecule has 1 amide bonds. The van der Waals surface area contributed by atoms with Gasteiger partial charge < -0.3 is 19.2 Å². The number of aromatic carboxylic acids is 1. The first kappa shape index (κ1) is 12.2. The Hall–Kier alpha value is -1.82. The Bertz CT molecular complexity index is 505. The van der Waals surface area contributed by atoms with Crippen LogP contribution in [0.4, 0.5) is 0 Å². The molecule has 6 nitrogen and oxygen atoms in total. The van der Waals surface area contributed by atoms with Crippen LogP contribution in [-0.2, 0) is 4.74 Å². The van der Waals surface area contributed by atoms with E-state index in [-0.39, 0.29) is 23.3 Å². The zero-order chi connectivity index (χ0) is 13.4. The third-order valence-electron chi connectivity index (χ3n) is 3.65. The first-order valence-electron chi connectivity index (χ1n) is 6.37. The molecule has 102 valence electrons. The number of hydrogen-bond donors (Lipinski definition) is 1. The molecule has 1 aromatic heterocycles. The molecule has 1 aliphatic heterocycles. The molecule has 0 spiro atoms. The highest BCUT2D eigenvalue weighted by Gasteiger charge is 2.40. The van der Waals surface area contributed by atoms with Gasteiger partial charge in [-0.3, -0.25) is 4.79 Å². The number of amides is 1. The van der Waals surface area contributed by atoms with Gasteiger partial charge in [0.2, 0.25) is 0 Å². The third kappa shape index (κ3) is 2.35. The van der Waals surface area contributed by atoms with Crippen LogP contribution in [0.1, 0.15) is 33.8 Å². The average molecular weight is 265 g/mol. The van der Waals surface area contributed by atoms with Gasteiger partial charge in [0.05, 0.1) is 24.8 Å². The van der Waals surface area contributed by atoms with Crippen molar-refractivity contribution in [2.45, 2.75) is 18.9 Å². The molecule has 0 bridgehead atoms. The van der Waals surface area contributed by atoms with Crippen molar-refractivity contribution < 1.29 is 23.8 Å². The molecule has 1 saturated heterocycles. The van der Waals surface area contributed by atoms with E-state index < -0.39 is 5.97 Å². The second-order valence-electron chi connectivity index (χ2n) is 4.98. The van der Waals surface area contributed by atoms with Crippen molar-refractivity contribution in [3.8, 4) is 0 Å². The van der Waals surface area contributed by atoms with Gasteiger partial charge in [0.1, 0.15) is 6.26 Å². The van der Waals surface area contributed by atoms with Crippen molar-refractivity contribution in [3.05, 3.63) is 23.7 Å². The minimum Gasteiger partial charge on any atom is -0.478 e. The molecular formula is C13H15NO5. The maximum atomic E-state index is 12.4. The highest BCUT2D eigenvalue weighted by Crippen LogP contribution is 2.37. The van der Waals surface area contributed by atoms with E-state index in [9.17, 15) is 9.59 Å². The van der Waals surface area contributed by atoms with Crippen LogP contribution in [0.3, 0.4) is 0 Å². The van der Waals surface area contributed by atoms with Crippen LogP contribution in [0.2, 0.25) is 0 Å². The summed E-state index contributed by atoms with van der Waals surface area (Å²) in [5, 5.41) is 8.84. The molecule has 1 atom stereocenters. The van der Waals surface area contributed by atoms with Gasteiger partial charge in [0.15, 0.2) is 5.76 Å². The highest BCUT2D eigenvalue weighted by atomic mass is 16.5. The van der Waals surface area contributed by atoms with E-state index in [0.717, 1.165) is 19.1 Å². The van der Waals surface area contributed by atoms with E-state index in [1.807, 2.05) is 0 Å². The van der Waals surface area contributed by atoms with Crippen molar-refractivity contribution >= 4 is 11.9 Å². The summed E-state index contributed by atoms with van der Waals surface area (Å²) < 4.78 is 10.5. The van der Waals surface area contributed by atoms with Gasteiger partial charge in [0.25, 0.3) is 5.91 Å². The first-order chi connectivity index (χ1) is 9.16. The minimum atomic E-state index is -1.09. The van der Waals surface area contributed by atoms with Gasteiger partial charge in [0, 0.05) is 12.6 Å². The molecule has 2 heterocycles. The van der Waals surface area contributed by atoms with Gasteiger partial charge in [-0.15, -0.1) is 0 Å². The van der Waals surface area contributed by atoms with Gasteiger partial charge in [-0.25, -0.2) is 4.79 Å². The summed E-state index contributed by atoms with van der Waals surface area (Å²) in [6.07, 6.45) is 3.34. The molecular weight excluding hydrogens is 250 g/mol. The fourth-order valence-corrected chi connectivity index (χ4v) is 2.45. The van der Waals surface area contributed by atoms with Gasteiger partial charge in [-0.1, -0.05) is 0 Å². The normalized spacial score (nSPS) is 23.4. The lowest BCUT2D eigenvalue weighted by molar-refractivity contribution is -0.00981. The number of nitrogens with zero attached hydrogens (tertiary/aromatic N) is 1. The van der Waals surface area contributed by atoms with Crippen LogP contribution >= 0.6 is 0 Å². The average Bonchev–Trinajstić information content (AvgIpc) is 3.14. The van der Waals surface area contributed by atoms with Crippen LogP contribution in [0.25, 0.3) is 0 Å². The Balaban J connectivity index is 1.78. The quantitative estimate of drug-likeness (QED) is 0.889. The summed E-state index contributed by atoms with van der Waals surface area (Å²) in [6.45, 7) is 1.60. The largest absolute Gasteiger partial charge is 0.478 e. The topological polar surface area (TPSA) is 80.0 Å². The fourth-order valence-electron chi connectivity index (χ4n) is 2.45. The molecule has 19 heavy (non-hydrogen) atoms. The number of ether oxygens (including phenoxy) is 1. The molecule has 1 unspecified atom stereocenters. The van der Waals surface area contributed by atoms with Crippen molar-refractivity contribution in [3.63, 3.8) is 0 Å². The lowest BCUT2D eigenvalue weighted by atomic mass is 10.1. The summed E-state index contributed by atoms with van der Waals surface area (Å²) in [7, 11) is 0. The molecule has 1 aliphatic carbocycles. The Morgan fingerprint density at radius 2 is 2.16 bits per heavy atom. The summed E-state index contributed by atoms with van der Waals surface area (Å²) in [5.74, 6) is -0.737. The van der Waals surface area contributed by atoms with Gasteiger partial charge >= 0.3 is 5.97 Å². The summed E-state index contributed by atoms with van der Waals surface area (Å²) in [6, 6.07) is 1.38. The van der Waals surface area contributed by atoms with Crippen LogP contribution in [-0.4, -0.2) is 47.7 Å². The van der Waals surface area contributed by atoms with E-state index in [4.69, 9.17) is 14.3 Å². The van der Waals surface area contributed by atoms with E-state index in [0.29, 0.717) is 25.7 Å². The van der Waals surface area contributed by atoms with Crippen molar-refractivity contribution in [2.24, 2.45) is 5.92 Å². The number of hydrogen-bond acceptors (Lipinski definition) is 4. The van der Waals surface area contributed by atoms with E-state index in [2.05, 4.69) is 0 Å². The van der Waals surface area contributed by atoms with Crippen molar-refractivity contribution in [2.75, 3.05) is 19.8 Å². The minimum absolute atomic E-state index is 0.000388. The first-order valence-corrected chi connectivity index (χ1v) is 6.37. The SMILES string of the molecule is O=C(O)c1coc(C(=O)N2CCOCC2C2CC2)c1. The van der Waals surface area contributed by atoms with Crippen LogP contribution in [0, 0.1) is 5.92 Å². The number of carbonyl (C=O) groups is 2. The number of carboxylic acids is 1. The molecule has 0 aromatic carbocycles. The molecule has 1 aromatic rings. The number of carbonyl (C=O) groups excluding carboxylic acids is 1. The Kier molecular flexibility index (Phi) is 3.02. The molecule has 1 saturated carbocycles. The van der Waals surface area contributed by atoms with E-state index in [1.54, 1.807) is 4.90 Å². The highest BCUT2D eigenvalue weighted by molar-refractivity contribution is 5.95. The molecule has 3 rings (SSSR count). The zero-order valence-corrected chi connectivity index (χ0v) is 10.4. The third-order valence-corrected chi connectivity index (χ3v) is 3.65. The van der Waals surface area contributed by atoms with Crippen LogP contribution in [0.5, 0.6) is 0 Å². The predicted molar refractivity (Wildman–Crippen MR) is 64.0 cm³/mol. The number of rotatable bonds is 3. The van der Waals surface area contributed by atoms with Gasteiger partial charge in [-0.2, -0.15) is 0 Å². The molecule has 6 heteroatoms. The maximum Gasteiger partial charge on any atom is 0.338 e.